The van der Waals surface area contributed by atoms with Gasteiger partial charge in [0.1, 0.15) is 18.1 Å². The standard InChI is InChI=1S/C25H31N3O4S/c1-17(24-5-4-12-33-24)6-7-27-8-10-28(11-9-27)15-23-19-16-31-20-14-22(30-3)21(29-2)13-18(20)25(19)26-32-23/h4-6,12-14,19,23H,7-11,15-16H2,1-3H3/b17-6+/t19-,23-/m0/s1. The number of hydrogen-bond donors (Lipinski definition) is 0. The third-order valence-electron chi connectivity index (χ3n) is 6.74. The molecule has 3 aliphatic heterocycles. The lowest BCUT2D eigenvalue weighted by molar-refractivity contribution is 0.0103. The summed E-state index contributed by atoms with van der Waals surface area (Å²) in [4.78, 5) is 12.3. The Hall–Kier alpha value is -2.55. The van der Waals surface area contributed by atoms with Gasteiger partial charge >= 0.3 is 0 Å². The van der Waals surface area contributed by atoms with E-state index < -0.39 is 0 Å². The van der Waals surface area contributed by atoms with Gasteiger partial charge in [0, 0.05) is 55.8 Å². The Labute approximate surface area is 199 Å². The number of fused-ring (bicyclic) bond motifs is 3. The quantitative estimate of drug-likeness (QED) is 0.618. The summed E-state index contributed by atoms with van der Waals surface area (Å²) < 4.78 is 16.9. The molecule has 1 saturated heterocycles. The van der Waals surface area contributed by atoms with Crippen LogP contribution < -0.4 is 14.2 Å². The molecule has 3 aliphatic rings. The maximum absolute atomic E-state index is 6.07. The van der Waals surface area contributed by atoms with Crippen LogP contribution in [0.5, 0.6) is 17.2 Å². The zero-order chi connectivity index (χ0) is 22.8. The number of methoxy groups -OCH3 is 2. The molecule has 0 spiro atoms. The monoisotopic (exact) mass is 469 g/mol. The molecule has 0 amide bonds. The number of ether oxygens (including phenoxy) is 3. The largest absolute Gasteiger partial charge is 0.493 e. The van der Waals surface area contributed by atoms with Gasteiger partial charge in [-0.3, -0.25) is 9.80 Å². The van der Waals surface area contributed by atoms with Crippen LogP contribution in [0.2, 0.25) is 0 Å². The minimum atomic E-state index is 0.00812. The molecule has 1 aromatic heterocycles. The number of oxime groups is 1. The van der Waals surface area contributed by atoms with Gasteiger partial charge in [-0.1, -0.05) is 17.3 Å². The van der Waals surface area contributed by atoms with Crippen LogP contribution in [0.15, 0.2) is 40.9 Å². The lowest BCUT2D eigenvalue weighted by Gasteiger charge is -2.36. The average molecular weight is 470 g/mol. The second-order valence-corrected chi connectivity index (χ2v) is 9.65. The van der Waals surface area contributed by atoms with Crippen molar-refractivity contribution in [2.24, 2.45) is 11.1 Å². The Bertz CT molecular complexity index is 1030. The second-order valence-electron chi connectivity index (χ2n) is 8.71. The van der Waals surface area contributed by atoms with E-state index in [1.54, 1.807) is 25.6 Å². The van der Waals surface area contributed by atoms with E-state index in [0.29, 0.717) is 18.1 Å². The predicted octanol–water partition coefficient (Wildman–Crippen LogP) is 3.60. The summed E-state index contributed by atoms with van der Waals surface area (Å²) in [6.07, 6.45) is 2.36. The highest BCUT2D eigenvalue weighted by Gasteiger charge is 2.41. The van der Waals surface area contributed by atoms with E-state index in [4.69, 9.17) is 19.0 Å². The summed E-state index contributed by atoms with van der Waals surface area (Å²) in [5.41, 5.74) is 3.25. The number of piperazine rings is 1. The smallest absolute Gasteiger partial charge is 0.164 e. The molecule has 4 heterocycles. The fraction of sp³-hybridized carbons (Fsp3) is 0.480. The fourth-order valence-corrected chi connectivity index (χ4v) is 5.41. The van der Waals surface area contributed by atoms with Crippen LogP contribution in [0.4, 0.5) is 0 Å². The molecule has 1 aromatic carbocycles. The summed E-state index contributed by atoms with van der Waals surface area (Å²) in [5, 5.41) is 6.60. The molecule has 0 radical (unpaired) electrons. The Kier molecular flexibility index (Phi) is 6.57. The van der Waals surface area contributed by atoms with Gasteiger partial charge in [-0.15, -0.1) is 11.3 Å². The second kappa shape index (κ2) is 9.75. The number of thiophene rings is 1. The number of nitrogens with zero attached hydrogens (tertiary/aromatic N) is 3. The van der Waals surface area contributed by atoms with Crippen LogP contribution in [0.3, 0.4) is 0 Å². The number of rotatable bonds is 7. The fourth-order valence-electron chi connectivity index (χ4n) is 4.68. The van der Waals surface area contributed by atoms with Crippen molar-refractivity contribution >= 4 is 22.6 Å². The van der Waals surface area contributed by atoms with Crippen molar-refractivity contribution in [3.05, 3.63) is 46.2 Å². The molecule has 2 aromatic rings. The molecule has 0 unspecified atom stereocenters. The molecule has 1 fully saturated rings. The van der Waals surface area contributed by atoms with E-state index in [-0.39, 0.29) is 12.0 Å². The minimum absolute atomic E-state index is 0.00812. The molecule has 0 saturated carbocycles. The van der Waals surface area contributed by atoms with E-state index in [9.17, 15) is 0 Å². The highest BCUT2D eigenvalue weighted by atomic mass is 32.1. The Balaban J connectivity index is 1.16. The molecule has 0 aliphatic carbocycles. The maximum Gasteiger partial charge on any atom is 0.164 e. The maximum atomic E-state index is 6.07. The summed E-state index contributed by atoms with van der Waals surface area (Å²) >= 11 is 1.80. The Morgan fingerprint density at radius 3 is 2.64 bits per heavy atom. The zero-order valence-electron chi connectivity index (χ0n) is 19.5. The SMILES string of the molecule is COc1cc2c(cc1OC)C1=NO[C@@H](CN3CCN(C/C=C(\C)c4cccs4)CC3)[C@@H]1CO2. The predicted molar refractivity (Wildman–Crippen MR) is 131 cm³/mol. The van der Waals surface area contributed by atoms with Gasteiger partial charge < -0.3 is 19.0 Å². The third kappa shape index (κ3) is 4.60. The molecule has 8 heteroatoms. The van der Waals surface area contributed by atoms with E-state index >= 15 is 0 Å². The van der Waals surface area contributed by atoms with E-state index in [1.165, 1.54) is 10.5 Å². The summed E-state index contributed by atoms with van der Waals surface area (Å²) in [6.45, 7) is 8.84. The Morgan fingerprint density at radius 1 is 1.15 bits per heavy atom. The normalized spacial score (nSPS) is 23.2. The first-order valence-corrected chi connectivity index (χ1v) is 12.3. The lowest BCUT2D eigenvalue weighted by atomic mass is 9.90. The topological polar surface area (TPSA) is 55.8 Å². The van der Waals surface area contributed by atoms with Crippen molar-refractivity contribution in [2.75, 3.05) is 60.1 Å². The van der Waals surface area contributed by atoms with Crippen molar-refractivity contribution < 1.29 is 19.0 Å². The van der Waals surface area contributed by atoms with Crippen molar-refractivity contribution in [3.8, 4) is 17.2 Å². The van der Waals surface area contributed by atoms with E-state index in [2.05, 4.69) is 45.5 Å². The van der Waals surface area contributed by atoms with Crippen molar-refractivity contribution in [3.63, 3.8) is 0 Å². The highest BCUT2D eigenvalue weighted by molar-refractivity contribution is 7.11. The van der Waals surface area contributed by atoms with Crippen LogP contribution in [0, 0.1) is 5.92 Å². The number of benzene rings is 1. The molecular formula is C25H31N3O4S. The van der Waals surface area contributed by atoms with E-state index in [1.807, 2.05) is 12.1 Å². The van der Waals surface area contributed by atoms with Crippen LogP contribution in [0.1, 0.15) is 17.4 Å². The minimum Gasteiger partial charge on any atom is -0.493 e. The first-order chi connectivity index (χ1) is 16.2. The van der Waals surface area contributed by atoms with Gasteiger partial charge in [0.15, 0.2) is 17.6 Å². The van der Waals surface area contributed by atoms with Crippen molar-refractivity contribution in [1.29, 1.82) is 0 Å². The molecule has 0 bridgehead atoms. The summed E-state index contributed by atoms with van der Waals surface area (Å²) in [6, 6.07) is 8.11. The summed E-state index contributed by atoms with van der Waals surface area (Å²) in [5.74, 6) is 2.23. The molecule has 176 valence electrons. The van der Waals surface area contributed by atoms with Crippen LogP contribution in [-0.2, 0) is 4.84 Å². The van der Waals surface area contributed by atoms with Crippen molar-refractivity contribution in [2.45, 2.75) is 13.0 Å². The molecule has 0 N–H and O–H groups in total. The molecular weight excluding hydrogens is 438 g/mol. The van der Waals surface area contributed by atoms with Crippen LogP contribution in [-0.4, -0.2) is 81.7 Å². The third-order valence-corrected chi connectivity index (χ3v) is 7.74. The molecule has 33 heavy (non-hydrogen) atoms. The summed E-state index contributed by atoms with van der Waals surface area (Å²) in [7, 11) is 3.27. The zero-order valence-corrected chi connectivity index (χ0v) is 20.3. The number of hydrogen-bond acceptors (Lipinski definition) is 8. The van der Waals surface area contributed by atoms with Crippen LogP contribution >= 0.6 is 11.3 Å². The average Bonchev–Trinajstić information content (AvgIpc) is 3.53. The number of allylic oxidation sites excluding steroid dienone is 1. The van der Waals surface area contributed by atoms with Gasteiger partial charge in [-0.25, -0.2) is 0 Å². The molecule has 7 nitrogen and oxygen atoms in total. The van der Waals surface area contributed by atoms with Crippen molar-refractivity contribution in [1.82, 2.24) is 9.80 Å². The Morgan fingerprint density at radius 2 is 1.91 bits per heavy atom. The molecule has 2 atom stereocenters. The van der Waals surface area contributed by atoms with Gasteiger partial charge in [0.05, 0.1) is 20.1 Å². The van der Waals surface area contributed by atoms with Gasteiger partial charge in [0.2, 0.25) is 0 Å². The van der Waals surface area contributed by atoms with Crippen LogP contribution in [0.25, 0.3) is 5.57 Å². The lowest BCUT2D eigenvalue weighted by Crippen LogP contribution is -2.50. The highest BCUT2D eigenvalue weighted by Crippen LogP contribution is 2.41. The van der Waals surface area contributed by atoms with Gasteiger partial charge in [-0.2, -0.15) is 0 Å². The molecule has 5 rings (SSSR count). The van der Waals surface area contributed by atoms with E-state index in [0.717, 1.165) is 56.3 Å². The first-order valence-electron chi connectivity index (χ1n) is 11.4. The first kappa shape index (κ1) is 22.3. The van der Waals surface area contributed by atoms with Gasteiger partial charge in [0.25, 0.3) is 0 Å². The van der Waals surface area contributed by atoms with Gasteiger partial charge in [-0.05, 0) is 30.0 Å².